The first-order valence-corrected chi connectivity index (χ1v) is 13.8. The summed E-state index contributed by atoms with van der Waals surface area (Å²) in [6.45, 7) is 28.8. The summed E-state index contributed by atoms with van der Waals surface area (Å²) in [6.07, 6.45) is 5.43. The Balaban J connectivity index is -0.000000102. The maximum atomic E-state index is 3.93. The third-order valence-electron chi connectivity index (χ3n) is 3.19. The van der Waals surface area contributed by atoms with Crippen LogP contribution < -0.4 is 0 Å². The highest BCUT2D eigenvalue weighted by Crippen LogP contribution is 2.12. The number of benzene rings is 1. The van der Waals surface area contributed by atoms with Crippen LogP contribution in [-0.2, 0) is 0 Å². The Labute approximate surface area is 213 Å². The lowest BCUT2D eigenvalue weighted by molar-refractivity contribution is 0.863. The van der Waals surface area contributed by atoms with E-state index in [9.17, 15) is 0 Å². The van der Waals surface area contributed by atoms with Gasteiger partial charge < -0.3 is 0 Å². The van der Waals surface area contributed by atoms with Crippen LogP contribution in [0.15, 0.2) is 71.9 Å². The van der Waals surface area contributed by atoms with Crippen molar-refractivity contribution in [2.24, 2.45) is 0 Å². The maximum absolute atomic E-state index is 3.93. The molecule has 0 aliphatic heterocycles. The Hall–Kier alpha value is -2.00. The van der Waals surface area contributed by atoms with Crippen LogP contribution >= 0.6 is 11.3 Å². The van der Waals surface area contributed by atoms with Crippen molar-refractivity contribution >= 4 is 11.3 Å². The molecular formula is C30H56N2S. The summed E-state index contributed by atoms with van der Waals surface area (Å²) in [5.74, 6) is 1.28. The lowest BCUT2D eigenvalue weighted by atomic mass is 10.0. The van der Waals surface area contributed by atoms with Crippen LogP contribution in [0.25, 0.3) is 0 Å². The number of hydrogen-bond acceptors (Lipinski definition) is 3. The number of aromatic nitrogens is 2. The molecule has 0 unspecified atom stereocenters. The fraction of sp³-hybridized carbons (Fsp3) is 0.533. The quantitative estimate of drug-likeness (QED) is 0.367. The van der Waals surface area contributed by atoms with Gasteiger partial charge >= 0.3 is 0 Å². The summed E-state index contributed by atoms with van der Waals surface area (Å²) >= 11 is 1.60. The second-order valence-electron chi connectivity index (χ2n) is 5.68. The summed E-state index contributed by atoms with van der Waals surface area (Å²) in [5.41, 5.74) is 4.56. The average molecular weight is 477 g/mol. The van der Waals surface area contributed by atoms with E-state index in [1.54, 1.807) is 23.0 Å². The van der Waals surface area contributed by atoms with Crippen molar-refractivity contribution in [1.82, 2.24) is 9.97 Å². The van der Waals surface area contributed by atoms with E-state index >= 15 is 0 Å². The van der Waals surface area contributed by atoms with Crippen LogP contribution in [-0.4, -0.2) is 9.97 Å². The number of thiazole rings is 1. The molecule has 2 heterocycles. The van der Waals surface area contributed by atoms with Crippen LogP contribution in [0.2, 0.25) is 0 Å². The zero-order chi connectivity index (χ0) is 26.9. The van der Waals surface area contributed by atoms with Crippen LogP contribution in [0, 0.1) is 0 Å². The zero-order valence-corrected chi connectivity index (χ0v) is 25.2. The summed E-state index contributed by atoms with van der Waals surface area (Å²) in [4.78, 5) is 7.67. The van der Waals surface area contributed by atoms with Gasteiger partial charge in [0.05, 0.1) is 5.51 Å². The third-order valence-corrected chi connectivity index (χ3v) is 3.71. The van der Waals surface area contributed by atoms with Gasteiger partial charge in [0.25, 0.3) is 0 Å². The molecule has 0 radical (unpaired) electrons. The number of pyridine rings is 1. The first kappa shape index (κ1) is 41.3. The fourth-order valence-corrected chi connectivity index (χ4v) is 2.11. The molecule has 192 valence electrons. The molecule has 0 aliphatic rings. The van der Waals surface area contributed by atoms with Crippen molar-refractivity contribution in [3.63, 3.8) is 0 Å². The van der Waals surface area contributed by atoms with Gasteiger partial charge in [0.1, 0.15) is 0 Å². The summed E-state index contributed by atoms with van der Waals surface area (Å²) in [7, 11) is 0. The number of hydrogen-bond donors (Lipinski definition) is 0. The molecule has 0 bridgehead atoms. The molecule has 0 saturated carbocycles. The topological polar surface area (TPSA) is 25.8 Å². The van der Waals surface area contributed by atoms with Crippen molar-refractivity contribution < 1.29 is 0 Å². The minimum atomic E-state index is 0.619. The number of nitrogens with zero attached hydrogens (tertiary/aromatic N) is 2. The molecular weight excluding hydrogens is 420 g/mol. The van der Waals surface area contributed by atoms with E-state index in [0.29, 0.717) is 11.8 Å². The summed E-state index contributed by atoms with van der Waals surface area (Å²) in [6, 6.07) is 14.6. The van der Waals surface area contributed by atoms with Gasteiger partial charge in [0.15, 0.2) is 0 Å². The molecule has 0 saturated heterocycles. The number of rotatable bonds is 2. The summed E-state index contributed by atoms with van der Waals surface area (Å²) in [5, 5.41) is 1.93. The molecule has 3 heteroatoms. The lowest BCUT2D eigenvalue weighted by Crippen LogP contribution is -1.85. The Morgan fingerprint density at radius 1 is 0.515 bits per heavy atom. The van der Waals surface area contributed by atoms with Gasteiger partial charge in [0.2, 0.25) is 0 Å². The van der Waals surface area contributed by atoms with Crippen molar-refractivity contribution in [2.75, 3.05) is 0 Å². The van der Waals surface area contributed by atoms with Gasteiger partial charge in [-0.25, -0.2) is 0 Å². The molecule has 0 spiro atoms. The fourth-order valence-electron chi connectivity index (χ4n) is 1.76. The van der Waals surface area contributed by atoms with Gasteiger partial charge in [-0.1, -0.05) is 127 Å². The van der Waals surface area contributed by atoms with E-state index in [1.807, 2.05) is 105 Å². The van der Waals surface area contributed by atoms with E-state index in [-0.39, 0.29) is 0 Å². The van der Waals surface area contributed by atoms with Gasteiger partial charge in [-0.3, -0.25) is 9.97 Å². The van der Waals surface area contributed by atoms with Crippen LogP contribution in [0.1, 0.15) is 120 Å². The zero-order valence-electron chi connectivity index (χ0n) is 24.4. The average Bonchev–Trinajstić information content (AvgIpc) is 3.52. The van der Waals surface area contributed by atoms with Crippen molar-refractivity contribution in [3.05, 3.63) is 83.1 Å². The first-order valence-electron chi connectivity index (χ1n) is 12.9. The first-order chi connectivity index (χ1) is 16.1. The largest absolute Gasteiger partial charge is 0.265 e. The van der Waals surface area contributed by atoms with E-state index in [4.69, 9.17) is 0 Å². The predicted molar refractivity (Wildman–Crippen MR) is 158 cm³/mol. The van der Waals surface area contributed by atoms with Gasteiger partial charge in [-0.2, -0.15) is 0 Å². The van der Waals surface area contributed by atoms with Crippen LogP contribution in [0.4, 0.5) is 0 Å². The van der Waals surface area contributed by atoms with E-state index in [0.717, 1.165) is 0 Å². The highest BCUT2D eigenvalue weighted by Gasteiger charge is 1.94. The minimum absolute atomic E-state index is 0.619. The normalized spacial score (nSPS) is 7.64. The van der Waals surface area contributed by atoms with Gasteiger partial charge in [-0.15, -0.1) is 11.3 Å². The highest BCUT2D eigenvalue weighted by atomic mass is 32.1. The highest BCUT2D eigenvalue weighted by molar-refractivity contribution is 7.07. The minimum Gasteiger partial charge on any atom is -0.265 e. The molecule has 2 nitrogen and oxygen atoms in total. The second-order valence-corrected chi connectivity index (χ2v) is 6.43. The molecule has 3 rings (SSSR count). The molecule has 0 aliphatic carbocycles. The van der Waals surface area contributed by atoms with Crippen LogP contribution in [0.3, 0.4) is 0 Å². The summed E-state index contributed by atoms with van der Waals surface area (Å²) < 4.78 is 0. The molecule has 33 heavy (non-hydrogen) atoms. The van der Waals surface area contributed by atoms with Crippen molar-refractivity contribution in [3.8, 4) is 0 Å². The van der Waals surface area contributed by atoms with E-state index in [1.165, 1.54) is 11.1 Å². The molecule has 3 aromatic rings. The molecule has 0 fully saturated rings. The standard InChI is InChI=1S/C9H12.C8H11N.C3H3NS.5C2H6/c1-8(2)9-6-4-3-5-7-9;1-7(2)8-3-5-9-6-4-8;1-2-5-3-4-1;5*1-2/h3-8H,1-2H3;3-7H,1-2H3;1-3H;5*1-2H3. The van der Waals surface area contributed by atoms with E-state index in [2.05, 4.69) is 61.9 Å². The molecule has 1 aromatic carbocycles. The second kappa shape index (κ2) is 40.4. The predicted octanol–water partition coefficient (Wildman–Crippen LogP) is 11.3. The Kier molecular flexibility index (Phi) is 50.5. The van der Waals surface area contributed by atoms with Crippen molar-refractivity contribution in [1.29, 1.82) is 0 Å². The Morgan fingerprint density at radius 2 is 0.909 bits per heavy atom. The molecule has 2 aromatic heterocycles. The van der Waals surface area contributed by atoms with Gasteiger partial charge in [-0.05, 0) is 35.1 Å². The SMILES string of the molecule is CC.CC.CC.CC.CC.CC(C)c1ccccc1.CC(C)c1ccncc1.c1cscn1. The van der Waals surface area contributed by atoms with Gasteiger partial charge in [0, 0.05) is 24.0 Å². The van der Waals surface area contributed by atoms with Crippen LogP contribution in [0.5, 0.6) is 0 Å². The third kappa shape index (κ3) is 32.3. The smallest absolute Gasteiger partial charge is 0.0791 e. The Morgan fingerprint density at radius 3 is 1.12 bits per heavy atom. The Bertz CT molecular complexity index is 531. The van der Waals surface area contributed by atoms with E-state index < -0.39 is 0 Å². The maximum Gasteiger partial charge on any atom is 0.0791 e. The molecule has 0 atom stereocenters. The molecule has 0 N–H and O–H groups in total. The monoisotopic (exact) mass is 476 g/mol. The lowest BCUT2D eigenvalue weighted by Gasteiger charge is -2.01. The molecule has 0 amide bonds. The van der Waals surface area contributed by atoms with Crippen molar-refractivity contribution in [2.45, 2.75) is 109 Å².